The fourth-order valence-electron chi connectivity index (χ4n) is 4.29. The Kier molecular flexibility index (Phi) is 5.98. The van der Waals surface area contributed by atoms with Crippen molar-refractivity contribution in [2.24, 2.45) is 14.1 Å². The molecule has 3 heterocycles. The van der Waals surface area contributed by atoms with Crippen LogP contribution in [0.2, 0.25) is 0 Å². The topological polar surface area (TPSA) is 90.1 Å². The molecule has 0 atom stereocenters. The van der Waals surface area contributed by atoms with Crippen LogP contribution >= 0.6 is 11.8 Å². The monoisotopic (exact) mass is 491 g/mol. The summed E-state index contributed by atoms with van der Waals surface area (Å²) < 4.78 is 16.1. The number of fused-ring (bicyclic) bond motifs is 2. The minimum atomic E-state index is -0.549. The minimum Gasteiger partial charge on any atom is -0.311 e. The first-order chi connectivity index (χ1) is 16.8. The van der Waals surface area contributed by atoms with Gasteiger partial charge in [0.15, 0.2) is 11.5 Å². The summed E-state index contributed by atoms with van der Waals surface area (Å²) in [7, 11) is 2.89. The average Bonchev–Trinajstić information content (AvgIpc) is 2.88. The SMILES string of the molecule is Cn1c(=O)c2c(SCC(=O)N3CCCc4ccccc43)nc(-c3cccc(F)c3)nc2n(C)c1=O. The van der Waals surface area contributed by atoms with Crippen LogP contribution in [0.15, 0.2) is 63.1 Å². The molecule has 2 aromatic carbocycles. The van der Waals surface area contributed by atoms with Gasteiger partial charge in [-0.15, -0.1) is 0 Å². The van der Waals surface area contributed by atoms with Gasteiger partial charge in [-0.05, 0) is 36.6 Å². The molecule has 35 heavy (non-hydrogen) atoms. The second-order valence-corrected chi connectivity index (χ2v) is 9.30. The van der Waals surface area contributed by atoms with E-state index in [0.29, 0.717) is 12.1 Å². The Morgan fingerprint density at radius 1 is 1.06 bits per heavy atom. The fourth-order valence-corrected chi connectivity index (χ4v) is 5.18. The number of thioether (sulfide) groups is 1. The van der Waals surface area contributed by atoms with Crippen LogP contribution in [-0.4, -0.2) is 37.3 Å². The van der Waals surface area contributed by atoms with Crippen molar-refractivity contribution in [3.05, 3.63) is 80.7 Å². The van der Waals surface area contributed by atoms with Gasteiger partial charge in [0, 0.05) is 31.9 Å². The van der Waals surface area contributed by atoms with E-state index in [9.17, 15) is 18.8 Å². The van der Waals surface area contributed by atoms with Crippen molar-refractivity contribution in [2.45, 2.75) is 17.9 Å². The lowest BCUT2D eigenvalue weighted by atomic mass is 10.0. The zero-order valence-electron chi connectivity index (χ0n) is 19.2. The maximum atomic E-state index is 13.9. The van der Waals surface area contributed by atoms with Gasteiger partial charge < -0.3 is 4.90 Å². The van der Waals surface area contributed by atoms with Gasteiger partial charge in [-0.25, -0.2) is 19.2 Å². The lowest BCUT2D eigenvalue weighted by Crippen LogP contribution is -2.38. The lowest BCUT2D eigenvalue weighted by molar-refractivity contribution is -0.116. The van der Waals surface area contributed by atoms with Gasteiger partial charge in [-0.2, -0.15) is 0 Å². The fraction of sp³-hybridized carbons (Fsp3) is 0.240. The highest BCUT2D eigenvalue weighted by Crippen LogP contribution is 2.30. The van der Waals surface area contributed by atoms with Gasteiger partial charge in [-0.3, -0.25) is 18.7 Å². The molecule has 8 nitrogen and oxygen atoms in total. The molecule has 0 fully saturated rings. The second-order valence-electron chi connectivity index (χ2n) is 8.33. The van der Waals surface area contributed by atoms with Crippen molar-refractivity contribution in [3.63, 3.8) is 0 Å². The van der Waals surface area contributed by atoms with E-state index in [-0.39, 0.29) is 33.5 Å². The summed E-state index contributed by atoms with van der Waals surface area (Å²) >= 11 is 1.11. The van der Waals surface area contributed by atoms with E-state index in [1.807, 2.05) is 24.3 Å². The number of carbonyl (C=O) groups excluding carboxylic acids is 1. The van der Waals surface area contributed by atoms with E-state index in [4.69, 9.17) is 0 Å². The van der Waals surface area contributed by atoms with Crippen LogP contribution in [0.5, 0.6) is 0 Å². The first-order valence-corrected chi connectivity index (χ1v) is 12.1. The number of halogens is 1. The Morgan fingerprint density at radius 3 is 2.66 bits per heavy atom. The highest BCUT2D eigenvalue weighted by atomic mass is 32.2. The summed E-state index contributed by atoms with van der Waals surface area (Å²) in [5, 5.41) is 0.413. The van der Waals surface area contributed by atoms with E-state index in [0.717, 1.165) is 40.4 Å². The number of aromatic nitrogens is 4. The molecular weight excluding hydrogens is 469 g/mol. The molecular formula is C25H22FN5O3S. The maximum Gasteiger partial charge on any atom is 0.332 e. The number of aryl methyl sites for hydroxylation is 2. The summed E-state index contributed by atoms with van der Waals surface area (Å²) in [5.41, 5.74) is 1.47. The number of rotatable bonds is 4. The molecule has 0 spiro atoms. The van der Waals surface area contributed by atoms with Crippen molar-refractivity contribution in [1.29, 1.82) is 0 Å². The van der Waals surface area contributed by atoms with E-state index < -0.39 is 17.1 Å². The van der Waals surface area contributed by atoms with Gasteiger partial charge in [0.1, 0.15) is 16.2 Å². The number of anilines is 1. The summed E-state index contributed by atoms with van der Waals surface area (Å²) in [6.45, 7) is 0.617. The first-order valence-electron chi connectivity index (χ1n) is 11.1. The van der Waals surface area contributed by atoms with E-state index in [1.54, 1.807) is 11.0 Å². The van der Waals surface area contributed by atoms with Crippen LogP contribution < -0.4 is 16.1 Å². The lowest BCUT2D eigenvalue weighted by Gasteiger charge is -2.29. The highest BCUT2D eigenvalue weighted by molar-refractivity contribution is 8.00. The van der Waals surface area contributed by atoms with Gasteiger partial charge in [-0.1, -0.05) is 42.1 Å². The molecule has 5 rings (SSSR count). The molecule has 0 radical (unpaired) electrons. The molecule has 4 aromatic rings. The Balaban J connectivity index is 1.58. The Labute approximate surface area is 204 Å². The molecule has 0 aliphatic carbocycles. The molecule has 1 aliphatic rings. The van der Waals surface area contributed by atoms with Crippen molar-refractivity contribution in [2.75, 3.05) is 17.2 Å². The summed E-state index contributed by atoms with van der Waals surface area (Å²) in [6, 6.07) is 13.6. The second kappa shape index (κ2) is 9.10. The number of carbonyl (C=O) groups is 1. The number of benzene rings is 2. The van der Waals surface area contributed by atoms with Gasteiger partial charge in [0.25, 0.3) is 5.56 Å². The predicted molar refractivity (Wildman–Crippen MR) is 133 cm³/mol. The summed E-state index contributed by atoms with van der Waals surface area (Å²) in [4.78, 5) is 49.5. The van der Waals surface area contributed by atoms with Crippen molar-refractivity contribution in [1.82, 2.24) is 19.1 Å². The van der Waals surface area contributed by atoms with Crippen LogP contribution in [0.4, 0.5) is 10.1 Å². The molecule has 178 valence electrons. The number of hydrogen-bond donors (Lipinski definition) is 0. The Morgan fingerprint density at radius 2 is 1.86 bits per heavy atom. The van der Waals surface area contributed by atoms with Crippen LogP contribution in [0.25, 0.3) is 22.4 Å². The molecule has 0 saturated carbocycles. The van der Waals surface area contributed by atoms with Crippen molar-refractivity contribution >= 4 is 34.4 Å². The highest BCUT2D eigenvalue weighted by Gasteiger charge is 2.24. The predicted octanol–water partition coefficient (Wildman–Crippen LogP) is 2.90. The number of amides is 1. The standard InChI is InChI=1S/C25H22FN5O3S/c1-29-22-20(24(33)30(2)25(29)34)23(28-21(27-22)16-8-5-10-17(26)13-16)35-14-19(32)31-12-6-9-15-7-3-4-11-18(15)31/h3-5,7-8,10-11,13H,6,9,12,14H2,1-2H3. The summed E-state index contributed by atoms with van der Waals surface area (Å²) in [6.07, 6.45) is 1.79. The van der Waals surface area contributed by atoms with E-state index in [1.165, 1.54) is 36.9 Å². The number of nitrogens with zero attached hydrogens (tertiary/aromatic N) is 5. The maximum absolute atomic E-state index is 13.9. The smallest absolute Gasteiger partial charge is 0.311 e. The largest absolute Gasteiger partial charge is 0.332 e. The van der Waals surface area contributed by atoms with Gasteiger partial charge in [0.2, 0.25) is 5.91 Å². The minimum absolute atomic E-state index is 0.0367. The van der Waals surface area contributed by atoms with E-state index in [2.05, 4.69) is 9.97 Å². The van der Waals surface area contributed by atoms with Gasteiger partial charge in [0.05, 0.1) is 5.75 Å². The first kappa shape index (κ1) is 23.0. The average molecular weight is 492 g/mol. The number of para-hydroxylation sites is 1. The molecule has 10 heteroatoms. The van der Waals surface area contributed by atoms with Crippen molar-refractivity contribution < 1.29 is 9.18 Å². The third-order valence-corrected chi connectivity index (χ3v) is 7.05. The molecule has 0 N–H and O–H groups in total. The molecule has 1 amide bonds. The van der Waals surface area contributed by atoms with Crippen LogP contribution in [-0.2, 0) is 25.3 Å². The third-order valence-electron chi connectivity index (χ3n) is 6.09. The van der Waals surface area contributed by atoms with Crippen LogP contribution in [0, 0.1) is 5.82 Å². The number of hydrogen-bond acceptors (Lipinski definition) is 6. The molecule has 1 aliphatic heterocycles. The Hall–Kier alpha value is -3.79. The third kappa shape index (κ3) is 4.14. The molecule has 0 saturated heterocycles. The van der Waals surface area contributed by atoms with Crippen LogP contribution in [0.3, 0.4) is 0 Å². The van der Waals surface area contributed by atoms with Gasteiger partial charge >= 0.3 is 5.69 Å². The molecule has 0 unspecified atom stereocenters. The quantitative estimate of drug-likeness (QED) is 0.322. The Bertz CT molecular complexity index is 1600. The summed E-state index contributed by atoms with van der Waals surface area (Å²) in [5.74, 6) is -0.367. The van der Waals surface area contributed by atoms with E-state index >= 15 is 0 Å². The van der Waals surface area contributed by atoms with Crippen molar-refractivity contribution in [3.8, 4) is 11.4 Å². The van der Waals surface area contributed by atoms with Crippen LogP contribution in [0.1, 0.15) is 12.0 Å². The zero-order chi connectivity index (χ0) is 24.7. The molecule has 0 bridgehead atoms. The normalized spacial score (nSPS) is 13.2. The molecule has 2 aromatic heterocycles. The zero-order valence-corrected chi connectivity index (χ0v) is 20.0.